The first kappa shape index (κ1) is 10.9. The van der Waals surface area contributed by atoms with E-state index in [1.54, 1.807) is 0 Å². The molecule has 2 nitrogen and oxygen atoms in total. The van der Waals surface area contributed by atoms with Crippen LogP contribution in [0.25, 0.3) is 10.6 Å². The second-order valence-electron chi connectivity index (χ2n) is 2.86. The minimum atomic E-state index is -4.66. The Morgan fingerprint density at radius 1 is 1.19 bits per heavy atom. The maximum Gasteiger partial charge on any atom is 0.573 e. The van der Waals surface area contributed by atoms with Gasteiger partial charge in [-0.3, -0.25) is 0 Å². The summed E-state index contributed by atoms with van der Waals surface area (Å²) in [4.78, 5) is 3.99. The summed E-state index contributed by atoms with van der Waals surface area (Å²) in [6.45, 7) is 0. The summed E-state index contributed by atoms with van der Waals surface area (Å²) in [6, 6.07) is 5.55. The van der Waals surface area contributed by atoms with Crippen LogP contribution in [0.5, 0.6) is 5.75 Å². The van der Waals surface area contributed by atoms with Crippen molar-refractivity contribution >= 4 is 11.3 Å². The normalized spacial score (nSPS) is 11.4. The van der Waals surface area contributed by atoms with Crippen molar-refractivity contribution in [2.45, 2.75) is 6.36 Å². The highest BCUT2D eigenvalue weighted by Gasteiger charge is 2.30. The van der Waals surface area contributed by atoms with Crippen LogP contribution in [0.1, 0.15) is 0 Å². The molecule has 2 aromatic rings. The van der Waals surface area contributed by atoms with Crippen LogP contribution < -0.4 is 4.74 Å². The molecule has 0 aliphatic carbocycles. The Bertz CT molecular complexity index is 450. The van der Waals surface area contributed by atoms with Crippen LogP contribution >= 0.6 is 11.3 Å². The number of alkyl halides is 3. The Morgan fingerprint density at radius 3 is 2.38 bits per heavy atom. The molecule has 1 aromatic carbocycles. The van der Waals surface area contributed by atoms with Gasteiger partial charge in [0.25, 0.3) is 0 Å². The van der Waals surface area contributed by atoms with E-state index in [1.165, 1.54) is 41.8 Å². The van der Waals surface area contributed by atoms with E-state index in [0.29, 0.717) is 5.01 Å². The third-order valence-corrected chi connectivity index (χ3v) is 2.48. The average molecular weight is 244 g/mol. The molecule has 0 atom stereocenters. The molecule has 0 amide bonds. The lowest BCUT2D eigenvalue weighted by Gasteiger charge is -2.08. The number of ether oxygens (including phenoxy) is 1. The van der Waals surface area contributed by atoms with Crippen molar-refractivity contribution in [3.05, 3.63) is 35.8 Å². The van der Waals surface area contributed by atoms with E-state index in [2.05, 4.69) is 15.1 Å². The number of rotatable bonds is 2. The highest BCUT2D eigenvalue weighted by molar-refractivity contribution is 7.12. The second kappa shape index (κ2) is 4.13. The predicted octanol–water partition coefficient (Wildman–Crippen LogP) is 3.51. The molecule has 0 saturated carbocycles. The first-order valence-corrected chi connectivity index (χ1v) is 5.04. The van der Waals surface area contributed by atoms with Gasteiger partial charge in [-0.05, 0) is 24.3 Å². The molecule has 6 heteroatoms. The lowest BCUT2D eigenvalue weighted by molar-refractivity contribution is -0.274. The summed E-state index contributed by atoms with van der Waals surface area (Å²) >= 11 is 1.30. The molecule has 0 bridgehead atoms. The van der Waals surface area contributed by atoms with Gasteiger partial charge in [0, 0.05) is 11.8 Å². The van der Waals surface area contributed by atoms with Gasteiger partial charge < -0.3 is 4.74 Å². The first-order chi connectivity index (χ1) is 7.54. The number of benzene rings is 1. The van der Waals surface area contributed by atoms with Gasteiger partial charge in [-0.1, -0.05) is 0 Å². The predicted molar refractivity (Wildman–Crippen MR) is 53.1 cm³/mol. The van der Waals surface area contributed by atoms with Crippen LogP contribution in [-0.4, -0.2) is 11.3 Å². The Hall–Kier alpha value is -1.56. The van der Waals surface area contributed by atoms with E-state index in [-0.39, 0.29) is 5.75 Å². The fourth-order valence-corrected chi connectivity index (χ4v) is 1.70. The zero-order chi connectivity index (χ0) is 11.6. The summed E-state index contributed by atoms with van der Waals surface area (Å²) in [6.07, 6.45) is -3.14. The summed E-state index contributed by atoms with van der Waals surface area (Å²) in [5.74, 6) is -0.239. The van der Waals surface area contributed by atoms with Crippen molar-refractivity contribution in [3.63, 3.8) is 0 Å². The Morgan fingerprint density at radius 2 is 1.88 bits per heavy atom. The van der Waals surface area contributed by atoms with Gasteiger partial charge in [0.15, 0.2) is 0 Å². The molecule has 0 N–H and O–H groups in total. The van der Waals surface area contributed by atoms with Crippen LogP contribution in [-0.2, 0) is 0 Å². The van der Waals surface area contributed by atoms with Crippen LogP contribution in [0.2, 0.25) is 0 Å². The highest BCUT2D eigenvalue weighted by Crippen LogP contribution is 2.27. The molecule has 1 radical (unpaired) electrons. The lowest BCUT2D eigenvalue weighted by Crippen LogP contribution is -2.16. The van der Waals surface area contributed by atoms with Gasteiger partial charge in [0.1, 0.15) is 10.8 Å². The van der Waals surface area contributed by atoms with Gasteiger partial charge in [-0.15, -0.1) is 24.5 Å². The summed E-state index contributed by atoms with van der Waals surface area (Å²) < 4.78 is 39.4. The smallest absolute Gasteiger partial charge is 0.406 e. The molecular formula is C10H5F3NOS. The molecule has 1 aromatic heterocycles. The number of hydrogen-bond acceptors (Lipinski definition) is 3. The zero-order valence-electron chi connectivity index (χ0n) is 7.78. The van der Waals surface area contributed by atoms with Crippen molar-refractivity contribution in [1.29, 1.82) is 0 Å². The van der Waals surface area contributed by atoms with Crippen LogP contribution in [0, 0.1) is 5.38 Å². The monoisotopic (exact) mass is 244 g/mol. The van der Waals surface area contributed by atoms with E-state index in [0.717, 1.165) is 5.56 Å². The Labute approximate surface area is 93.3 Å². The van der Waals surface area contributed by atoms with Crippen LogP contribution in [0.3, 0.4) is 0 Å². The summed E-state index contributed by atoms with van der Waals surface area (Å²) in [5.41, 5.74) is 0.737. The molecule has 1 heterocycles. The summed E-state index contributed by atoms with van der Waals surface area (Å²) in [7, 11) is 0. The van der Waals surface area contributed by atoms with Crippen molar-refractivity contribution in [3.8, 4) is 16.3 Å². The molecule has 0 aliphatic heterocycles. The number of halogens is 3. The SMILES string of the molecule is FC(F)(F)Oc1ccc(-c2nc[c]s2)cc1. The van der Waals surface area contributed by atoms with Gasteiger partial charge >= 0.3 is 6.36 Å². The Balaban J connectivity index is 2.17. The van der Waals surface area contributed by atoms with Crippen molar-refractivity contribution in [2.24, 2.45) is 0 Å². The lowest BCUT2D eigenvalue weighted by atomic mass is 10.2. The number of thiazole rings is 1. The molecule has 0 unspecified atom stereocenters. The quantitative estimate of drug-likeness (QED) is 0.806. The van der Waals surface area contributed by atoms with Crippen LogP contribution in [0.15, 0.2) is 30.5 Å². The zero-order valence-corrected chi connectivity index (χ0v) is 8.60. The second-order valence-corrected chi connectivity index (χ2v) is 3.68. The minimum Gasteiger partial charge on any atom is -0.406 e. The number of hydrogen-bond donors (Lipinski definition) is 0. The van der Waals surface area contributed by atoms with E-state index in [9.17, 15) is 13.2 Å². The maximum atomic E-state index is 11.9. The third-order valence-electron chi connectivity index (χ3n) is 1.72. The standard InChI is InChI=1S/C10H5F3NOS/c11-10(12,13)15-8-3-1-7(2-4-8)9-14-5-6-16-9/h1-5H. The molecule has 16 heavy (non-hydrogen) atoms. The van der Waals surface area contributed by atoms with Gasteiger partial charge in [0.05, 0.1) is 5.38 Å². The topological polar surface area (TPSA) is 22.1 Å². The maximum absolute atomic E-state index is 11.9. The third kappa shape index (κ3) is 2.73. The van der Waals surface area contributed by atoms with E-state index < -0.39 is 6.36 Å². The van der Waals surface area contributed by atoms with E-state index >= 15 is 0 Å². The van der Waals surface area contributed by atoms with Gasteiger partial charge in [-0.2, -0.15) is 0 Å². The molecule has 0 fully saturated rings. The van der Waals surface area contributed by atoms with Crippen LogP contribution in [0.4, 0.5) is 13.2 Å². The van der Waals surface area contributed by atoms with Crippen molar-refractivity contribution in [1.82, 2.24) is 4.98 Å². The molecule has 0 aliphatic rings. The first-order valence-electron chi connectivity index (χ1n) is 4.23. The summed E-state index contributed by atoms with van der Waals surface area (Å²) in [5, 5.41) is 3.51. The molecule has 0 saturated heterocycles. The largest absolute Gasteiger partial charge is 0.573 e. The average Bonchev–Trinajstić information content (AvgIpc) is 2.69. The number of nitrogens with zero attached hydrogens (tertiary/aromatic N) is 1. The number of aromatic nitrogens is 1. The highest BCUT2D eigenvalue weighted by atomic mass is 32.1. The van der Waals surface area contributed by atoms with Gasteiger partial charge in [0.2, 0.25) is 0 Å². The fourth-order valence-electron chi connectivity index (χ4n) is 1.13. The van der Waals surface area contributed by atoms with Gasteiger partial charge in [-0.25, -0.2) is 4.98 Å². The minimum absolute atomic E-state index is 0.239. The van der Waals surface area contributed by atoms with E-state index in [1.807, 2.05) is 0 Å². The van der Waals surface area contributed by atoms with Crippen molar-refractivity contribution < 1.29 is 17.9 Å². The Kier molecular flexibility index (Phi) is 2.82. The molecule has 83 valence electrons. The van der Waals surface area contributed by atoms with E-state index in [4.69, 9.17) is 0 Å². The molecular weight excluding hydrogens is 239 g/mol. The van der Waals surface area contributed by atoms with Crippen molar-refractivity contribution in [2.75, 3.05) is 0 Å². The molecule has 0 spiro atoms. The fraction of sp³-hybridized carbons (Fsp3) is 0.100. The molecule has 2 rings (SSSR count).